The lowest BCUT2D eigenvalue weighted by molar-refractivity contribution is 0.301. The molecule has 0 aromatic rings. The van der Waals surface area contributed by atoms with Crippen molar-refractivity contribution in [3.8, 4) is 0 Å². The van der Waals surface area contributed by atoms with Gasteiger partial charge in [0.25, 0.3) is 0 Å². The molecule has 44 valence electrons. The summed E-state index contributed by atoms with van der Waals surface area (Å²) in [5.41, 5.74) is 1.16. The van der Waals surface area contributed by atoms with Crippen LogP contribution in [0.15, 0.2) is 16.6 Å². The van der Waals surface area contributed by atoms with Crippen LogP contribution >= 0.6 is 0 Å². The molecule has 0 fully saturated rings. The topological polar surface area (TPSA) is 32.6 Å². The predicted molar refractivity (Wildman–Crippen MR) is 33.1 cm³/mol. The second-order valence-electron chi connectivity index (χ2n) is 1.75. The van der Waals surface area contributed by atoms with Gasteiger partial charge in [-0.3, -0.25) is 4.99 Å². The first kappa shape index (κ1) is 5.51. The molecule has 0 bridgehead atoms. The molecule has 1 heterocycles. The monoisotopic (exact) mass is 111 g/mol. The molecule has 1 aliphatic rings. The Morgan fingerprint density at radius 2 is 2.62 bits per heavy atom. The quantitative estimate of drug-likeness (QED) is 0.549. The predicted octanol–water partition coefficient (Wildman–Crippen LogP) is 0.380. The molecule has 0 unspecified atom stereocenters. The zero-order valence-electron chi connectivity index (χ0n) is 4.67. The average Bonchev–Trinajstić information content (AvgIpc) is 2.19. The lowest BCUT2D eigenvalue weighted by Crippen LogP contribution is -1.85. The van der Waals surface area contributed by atoms with Crippen LogP contribution in [0.2, 0.25) is 0 Å². The van der Waals surface area contributed by atoms with E-state index in [1.165, 1.54) is 0 Å². The van der Waals surface area contributed by atoms with E-state index in [0.717, 1.165) is 18.5 Å². The van der Waals surface area contributed by atoms with Gasteiger partial charge in [-0.2, -0.15) is 0 Å². The van der Waals surface area contributed by atoms with Gasteiger partial charge in [-0.1, -0.05) is 6.08 Å². The molecule has 8 heavy (non-hydrogen) atoms. The normalized spacial score (nSPS) is 16.9. The Kier molecular flexibility index (Phi) is 1.80. The average molecular weight is 111 g/mol. The number of aliphatic imine (C=N–C) groups is 1. The van der Waals surface area contributed by atoms with E-state index in [-0.39, 0.29) is 6.61 Å². The van der Waals surface area contributed by atoms with Crippen molar-refractivity contribution in [2.75, 3.05) is 13.2 Å². The molecule has 0 aliphatic carbocycles. The fourth-order valence-corrected chi connectivity index (χ4v) is 0.688. The Morgan fingerprint density at radius 3 is 3.12 bits per heavy atom. The van der Waals surface area contributed by atoms with E-state index < -0.39 is 0 Å². The number of aliphatic hydroxyl groups is 1. The van der Waals surface area contributed by atoms with E-state index in [1.54, 1.807) is 0 Å². The minimum atomic E-state index is 0.234. The van der Waals surface area contributed by atoms with E-state index >= 15 is 0 Å². The SMILES string of the molecule is OCCC1=CCN=C1. The van der Waals surface area contributed by atoms with Crippen LogP contribution in [-0.2, 0) is 0 Å². The van der Waals surface area contributed by atoms with Gasteiger partial charge >= 0.3 is 0 Å². The van der Waals surface area contributed by atoms with Gasteiger partial charge in [-0.25, -0.2) is 0 Å². The maximum absolute atomic E-state index is 8.42. The second-order valence-corrected chi connectivity index (χ2v) is 1.75. The molecule has 0 amide bonds. The first-order valence-electron chi connectivity index (χ1n) is 2.73. The van der Waals surface area contributed by atoms with E-state index in [0.29, 0.717) is 0 Å². The van der Waals surface area contributed by atoms with Crippen molar-refractivity contribution < 1.29 is 5.11 Å². The number of aliphatic hydroxyl groups excluding tert-OH is 1. The standard InChI is InChI=1S/C6H9NO/c8-4-2-6-1-3-7-5-6/h1,5,8H,2-4H2. The van der Waals surface area contributed by atoms with Crippen molar-refractivity contribution in [3.63, 3.8) is 0 Å². The maximum atomic E-state index is 8.42. The van der Waals surface area contributed by atoms with E-state index in [4.69, 9.17) is 5.11 Å². The van der Waals surface area contributed by atoms with Crippen molar-refractivity contribution >= 4 is 6.21 Å². The zero-order valence-corrected chi connectivity index (χ0v) is 4.67. The smallest absolute Gasteiger partial charge is 0.0576 e. The minimum absolute atomic E-state index is 0.234. The van der Waals surface area contributed by atoms with Crippen LogP contribution in [0.25, 0.3) is 0 Å². The Bertz CT molecular complexity index is 126. The van der Waals surface area contributed by atoms with E-state index in [9.17, 15) is 0 Å². The summed E-state index contributed by atoms with van der Waals surface area (Å²) in [5, 5.41) is 8.42. The van der Waals surface area contributed by atoms with Gasteiger partial charge in [0.2, 0.25) is 0 Å². The molecule has 0 aromatic carbocycles. The molecular weight excluding hydrogens is 102 g/mol. The number of hydrogen-bond acceptors (Lipinski definition) is 2. The molecular formula is C6H9NO. The summed E-state index contributed by atoms with van der Waals surface area (Å²) in [7, 11) is 0. The molecule has 2 heteroatoms. The Hall–Kier alpha value is -0.630. The van der Waals surface area contributed by atoms with Gasteiger partial charge in [0.1, 0.15) is 0 Å². The Morgan fingerprint density at radius 1 is 1.75 bits per heavy atom. The summed E-state index contributed by atoms with van der Waals surface area (Å²) in [6, 6.07) is 0. The summed E-state index contributed by atoms with van der Waals surface area (Å²) in [6.45, 7) is 1.03. The highest BCUT2D eigenvalue weighted by atomic mass is 16.2. The maximum Gasteiger partial charge on any atom is 0.0576 e. The van der Waals surface area contributed by atoms with Crippen LogP contribution in [0.4, 0.5) is 0 Å². The molecule has 1 N–H and O–H groups in total. The lowest BCUT2D eigenvalue weighted by Gasteiger charge is -1.88. The van der Waals surface area contributed by atoms with Crippen molar-refractivity contribution in [3.05, 3.63) is 11.6 Å². The third kappa shape index (κ3) is 1.17. The molecule has 0 aromatic heterocycles. The van der Waals surface area contributed by atoms with Crippen LogP contribution in [0.3, 0.4) is 0 Å². The van der Waals surface area contributed by atoms with Gasteiger partial charge in [0, 0.05) is 12.8 Å². The molecule has 0 saturated heterocycles. The highest BCUT2D eigenvalue weighted by Crippen LogP contribution is 2.01. The molecule has 1 rings (SSSR count). The van der Waals surface area contributed by atoms with Crippen LogP contribution in [0.1, 0.15) is 6.42 Å². The number of rotatable bonds is 2. The Labute approximate surface area is 48.6 Å². The van der Waals surface area contributed by atoms with Gasteiger partial charge in [-0.05, 0) is 12.0 Å². The first-order valence-corrected chi connectivity index (χ1v) is 2.73. The van der Waals surface area contributed by atoms with Crippen molar-refractivity contribution in [2.24, 2.45) is 4.99 Å². The van der Waals surface area contributed by atoms with Gasteiger partial charge < -0.3 is 5.11 Å². The Balaban J connectivity index is 2.34. The minimum Gasteiger partial charge on any atom is -0.396 e. The highest BCUT2D eigenvalue weighted by molar-refractivity contribution is 5.80. The van der Waals surface area contributed by atoms with Crippen molar-refractivity contribution in [2.45, 2.75) is 6.42 Å². The van der Waals surface area contributed by atoms with Crippen LogP contribution in [0, 0.1) is 0 Å². The third-order valence-corrected chi connectivity index (χ3v) is 1.12. The largest absolute Gasteiger partial charge is 0.396 e. The summed E-state index contributed by atoms with van der Waals surface area (Å²) >= 11 is 0. The van der Waals surface area contributed by atoms with Crippen LogP contribution in [0.5, 0.6) is 0 Å². The lowest BCUT2D eigenvalue weighted by atomic mass is 10.2. The van der Waals surface area contributed by atoms with Crippen molar-refractivity contribution in [1.29, 1.82) is 0 Å². The third-order valence-electron chi connectivity index (χ3n) is 1.12. The number of hydrogen-bond donors (Lipinski definition) is 1. The van der Waals surface area contributed by atoms with Gasteiger partial charge in [0.05, 0.1) is 6.54 Å². The summed E-state index contributed by atoms with van der Waals surface area (Å²) in [6.07, 6.45) is 4.59. The number of nitrogens with zero attached hydrogens (tertiary/aromatic N) is 1. The van der Waals surface area contributed by atoms with E-state index in [2.05, 4.69) is 4.99 Å². The second kappa shape index (κ2) is 2.62. The highest BCUT2D eigenvalue weighted by Gasteiger charge is 1.94. The fourth-order valence-electron chi connectivity index (χ4n) is 0.688. The zero-order chi connectivity index (χ0) is 5.82. The van der Waals surface area contributed by atoms with Crippen LogP contribution < -0.4 is 0 Å². The van der Waals surface area contributed by atoms with Gasteiger partial charge in [-0.15, -0.1) is 0 Å². The van der Waals surface area contributed by atoms with Crippen molar-refractivity contribution in [1.82, 2.24) is 0 Å². The van der Waals surface area contributed by atoms with Gasteiger partial charge in [0.15, 0.2) is 0 Å². The van der Waals surface area contributed by atoms with Crippen LogP contribution in [-0.4, -0.2) is 24.5 Å². The fraction of sp³-hybridized carbons (Fsp3) is 0.500. The van der Waals surface area contributed by atoms with E-state index in [1.807, 2.05) is 12.3 Å². The molecule has 0 atom stereocenters. The molecule has 1 aliphatic heterocycles. The summed E-state index contributed by atoms with van der Waals surface area (Å²) in [4.78, 5) is 3.95. The summed E-state index contributed by atoms with van der Waals surface area (Å²) in [5.74, 6) is 0. The molecule has 2 nitrogen and oxygen atoms in total. The molecule has 0 spiro atoms. The molecule has 0 radical (unpaired) electrons. The first-order chi connectivity index (χ1) is 3.93. The molecule has 0 saturated carbocycles. The summed E-state index contributed by atoms with van der Waals surface area (Å²) < 4.78 is 0.